The summed E-state index contributed by atoms with van der Waals surface area (Å²) < 4.78 is 0.820. The third kappa shape index (κ3) is 6.87. The predicted octanol–water partition coefficient (Wildman–Crippen LogP) is 2.70. The van der Waals surface area contributed by atoms with E-state index >= 15 is 0 Å². The molecule has 0 bridgehead atoms. The van der Waals surface area contributed by atoms with Gasteiger partial charge in [-0.25, -0.2) is 0 Å². The van der Waals surface area contributed by atoms with Crippen molar-refractivity contribution in [3.8, 4) is 0 Å². The zero-order chi connectivity index (χ0) is 19.8. The maximum atomic E-state index is 12.2. The van der Waals surface area contributed by atoms with Crippen LogP contribution in [-0.2, 0) is 9.59 Å². The quantitative estimate of drug-likeness (QED) is 0.669. The van der Waals surface area contributed by atoms with Crippen molar-refractivity contribution in [3.63, 3.8) is 0 Å². The van der Waals surface area contributed by atoms with Crippen molar-refractivity contribution < 1.29 is 9.59 Å². The van der Waals surface area contributed by atoms with Crippen LogP contribution in [0.4, 0.5) is 5.69 Å². The first-order valence-electron chi connectivity index (χ1n) is 10.4. The predicted molar refractivity (Wildman–Crippen MR) is 115 cm³/mol. The van der Waals surface area contributed by atoms with E-state index in [1.54, 1.807) is 0 Å². The van der Waals surface area contributed by atoms with E-state index in [1.807, 2.05) is 24.3 Å². The monoisotopic (exact) mass is 450 g/mol. The molecule has 0 atom stereocenters. The molecule has 1 aromatic rings. The zero-order valence-electron chi connectivity index (χ0n) is 16.5. The number of benzene rings is 1. The molecule has 1 aromatic carbocycles. The Labute approximate surface area is 176 Å². The summed E-state index contributed by atoms with van der Waals surface area (Å²) in [5.41, 5.74) is 0.704. The van der Waals surface area contributed by atoms with Crippen molar-refractivity contribution in [3.05, 3.63) is 28.7 Å². The van der Waals surface area contributed by atoms with Gasteiger partial charge >= 0.3 is 0 Å². The number of halogens is 1. The lowest BCUT2D eigenvalue weighted by molar-refractivity contribution is -0.125. The molecule has 6 nitrogen and oxygen atoms in total. The minimum atomic E-state index is -0.224. The van der Waals surface area contributed by atoms with Crippen molar-refractivity contribution in [2.75, 3.05) is 51.1 Å². The lowest BCUT2D eigenvalue weighted by Gasteiger charge is -2.36. The average molecular weight is 451 g/mol. The molecule has 1 aliphatic carbocycles. The summed E-state index contributed by atoms with van der Waals surface area (Å²) in [6.07, 6.45) is 6.94. The van der Waals surface area contributed by atoms with Gasteiger partial charge in [0.15, 0.2) is 0 Å². The van der Waals surface area contributed by atoms with Crippen LogP contribution in [0.1, 0.15) is 32.1 Å². The second-order valence-electron chi connectivity index (χ2n) is 7.89. The maximum absolute atomic E-state index is 12.2. The van der Waals surface area contributed by atoms with Gasteiger partial charge in [0.1, 0.15) is 0 Å². The van der Waals surface area contributed by atoms with E-state index < -0.39 is 0 Å². The topological polar surface area (TPSA) is 64.7 Å². The highest BCUT2D eigenvalue weighted by Gasteiger charge is 2.22. The molecule has 154 valence electrons. The number of amides is 2. The first-order valence-corrected chi connectivity index (χ1v) is 11.2. The van der Waals surface area contributed by atoms with E-state index in [4.69, 9.17) is 0 Å². The molecule has 3 rings (SSSR count). The number of nitrogens with zero attached hydrogens (tertiary/aromatic N) is 2. The van der Waals surface area contributed by atoms with Crippen LogP contribution < -0.4 is 10.6 Å². The molecule has 1 saturated heterocycles. The molecule has 2 amide bonds. The van der Waals surface area contributed by atoms with Gasteiger partial charge in [0.2, 0.25) is 11.8 Å². The summed E-state index contributed by atoms with van der Waals surface area (Å²) in [6, 6.07) is 7.42. The van der Waals surface area contributed by atoms with Gasteiger partial charge < -0.3 is 15.5 Å². The van der Waals surface area contributed by atoms with Gasteiger partial charge in [-0.2, -0.15) is 0 Å². The second kappa shape index (κ2) is 10.9. The van der Waals surface area contributed by atoms with Crippen molar-refractivity contribution in [1.29, 1.82) is 0 Å². The fourth-order valence-corrected chi connectivity index (χ4v) is 4.44. The Balaban J connectivity index is 1.31. The number of para-hydroxylation sites is 1. The molecule has 2 N–H and O–H groups in total. The molecule has 0 radical (unpaired) electrons. The van der Waals surface area contributed by atoms with Crippen LogP contribution in [0.2, 0.25) is 0 Å². The lowest BCUT2D eigenvalue weighted by Crippen LogP contribution is -2.50. The van der Waals surface area contributed by atoms with Crippen molar-refractivity contribution in [1.82, 2.24) is 15.1 Å². The van der Waals surface area contributed by atoms with Gasteiger partial charge in [0.05, 0.1) is 18.8 Å². The zero-order valence-corrected chi connectivity index (χ0v) is 18.0. The number of rotatable bonds is 7. The molecule has 28 heavy (non-hydrogen) atoms. The number of carbonyl (C=O) groups is 2. The fraction of sp³-hybridized carbons (Fsp3) is 0.619. The van der Waals surface area contributed by atoms with Crippen molar-refractivity contribution >= 4 is 33.4 Å². The maximum Gasteiger partial charge on any atom is 0.243 e. The second-order valence-corrected chi connectivity index (χ2v) is 8.74. The van der Waals surface area contributed by atoms with Crippen molar-refractivity contribution in [2.24, 2.45) is 5.92 Å². The Morgan fingerprint density at radius 2 is 1.64 bits per heavy atom. The molecule has 2 aliphatic rings. The van der Waals surface area contributed by atoms with Gasteiger partial charge in [0, 0.05) is 37.2 Å². The van der Waals surface area contributed by atoms with Crippen LogP contribution in [0.15, 0.2) is 28.7 Å². The van der Waals surface area contributed by atoms with Crippen LogP contribution >= 0.6 is 15.9 Å². The molecule has 1 saturated carbocycles. The molecule has 0 spiro atoms. The van der Waals surface area contributed by atoms with Crippen LogP contribution in [0.25, 0.3) is 0 Å². The van der Waals surface area contributed by atoms with Gasteiger partial charge in [-0.05, 0) is 46.8 Å². The minimum absolute atomic E-state index is 0.0121. The van der Waals surface area contributed by atoms with E-state index in [-0.39, 0.29) is 18.4 Å². The number of hydrogen-bond donors (Lipinski definition) is 2. The summed E-state index contributed by atoms with van der Waals surface area (Å²) in [6.45, 7) is 5.47. The fourth-order valence-electron chi connectivity index (χ4n) is 4.06. The Hall–Kier alpha value is -1.44. The average Bonchev–Trinajstić information content (AvgIpc) is 2.70. The number of piperazine rings is 1. The number of hydrogen-bond acceptors (Lipinski definition) is 4. The molecule has 1 aliphatic heterocycles. The molecular formula is C21H31BrN4O2. The highest BCUT2D eigenvalue weighted by atomic mass is 79.9. The first kappa shape index (κ1) is 21.3. The number of anilines is 1. The van der Waals surface area contributed by atoms with E-state index in [0.717, 1.165) is 36.6 Å². The third-order valence-electron chi connectivity index (χ3n) is 5.67. The Morgan fingerprint density at radius 1 is 0.964 bits per heavy atom. The largest absolute Gasteiger partial charge is 0.346 e. The van der Waals surface area contributed by atoms with E-state index in [9.17, 15) is 9.59 Å². The van der Waals surface area contributed by atoms with E-state index in [2.05, 4.69) is 36.4 Å². The Kier molecular flexibility index (Phi) is 8.30. The minimum Gasteiger partial charge on any atom is -0.346 e. The smallest absolute Gasteiger partial charge is 0.243 e. The SMILES string of the molecule is O=C(CN1CCN(CC2CCCCC2)CC1)NCC(=O)Nc1ccccc1Br. The third-order valence-corrected chi connectivity index (χ3v) is 6.36. The van der Waals surface area contributed by atoms with Crippen LogP contribution in [0.3, 0.4) is 0 Å². The van der Waals surface area contributed by atoms with E-state index in [0.29, 0.717) is 12.2 Å². The highest BCUT2D eigenvalue weighted by Crippen LogP contribution is 2.24. The lowest BCUT2D eigenvalue weighted by atomic mass is 9.89. The first-order chi connectivity index (χ1) is 13.6. The summed E-state index contributed by atoms with van der Waals surface area (Å²) in [5.74, 6) is 0.548. The Bertz CT molecular complexity index is 656. The summed E-state index contributed by atoms with van der Waals surface area (Å²) in [4.78, 5) is 28.9. The van der Waals surface area contributed by atoms with Gasteiger partial charge in [-0.3, -0.25) is 14.5 Å². The molecule has 1 heterocycles. The van der Waals surface area contributed by atoms with Gasteiger partial charge in [0.25, 0.3) is 0 Å². The molecule has 2 fully saturated rings. The van der Waals surface area contributed by atoms with Gasteiger partial charge in [-0.1, -0.05) is 31.4 Å². The van der Waals surface area contributed by atoms with Crippen molar-refractivity contribution in [2.45, 2.75) is 32.1 Å². The molecular weight excluding hydrogens is 420 g/mol. The summed E-state index contributed by atoms with van der Waals surface area (Å²) in [7, 11) is 0. The van der Waals surface area contributed by atoms with Crippen LogP contribution in [-0.4, -0.2) is 67.4 Å². The summed E-state index contributed by atoms with van der Waals surface area (Å²) in [5, 5.41) is 5.52. The Morgan fingerprint density at radius 3 is 2.36 bits per heavy atom. The summed E-state index contributed by atoms with van der Waals surface area (Å²) >= 11 is 3.39. The normalized spacial score (nSPS) is 19.3. The van der Waals surface area contributed by atoms with Crippen LogP contribution in [0, 0.1) is 5.92 Å². The van der Waals surface area contributed by atoms with Crippen LogP contribution in [0.5, 0.6) is 0 Å². The molecule has 7 heteroatoms. The highest BCUT2D eigenvalue weighted by molar-refractivity contribution is 9.10. The standard InChI is InChI=1S/C21H31BrN4O2/c22-18-8-4-5-9-19(18)24-20(27)14-23-21(28)16-26-12-10-25(11-13-26)15-17-6-2-1-3-7-17/h4-5,8-9,17H,1-3,6-7,10-16H2,(H,23,28)(H,24,27). The molecule has 0 aromatic heterocycles. The number of carbonyl (C=O) groups excluding carboxylic acids is 2. The number of nitrogens with one attached hydrogen (secondary N) is 2. The van der Waals surface area contributed by atoms with E-state index in [1.165, 1.54) is 38.6 Å². The molecule has 0 unspecified atom stereocenters. The van der Waals surface area contributed by atoms with Gasteiger partial charge in [-0.15, -0.1) is 0 Å².